The van der Waals surface area contributed by atoms with Crippen molar-refractivity contribution in [1.82, 2.24) is 14.8 Å². The molecule has 0 spiro atoms. The van der Waals surface area contributed by atoms with Crippen LogP contribution in [0.5, 0.6) is 0 Å². The van der Waals surface area contributed by atoms with E-state index in [-0.39, 0.29) is 0 Å². The number of rotatable bonds is 3. The van der Waals surface area contributed by atoms with Crippen LogP contribution in [0.2, 0.25) is 0 Å². The molecule has 2 rings (SSSR count). The monoisotopic (exact) mass is 231 g/mol. The first-order valence-corrected chi connectivity index (χ1v) is 5.76. The van der Waals surface area contributed by atoms with Gasteiger partial charge in [-0.3, -0.25) is 9.67 Å². The molecule has 2 aromatic rings. The molecule has 90 valence electrons. The predicted octanol–water partition coefficient (Wildman–Crippen LogP) is 2.00. The zero-order valence-corrected chi connectivity index (χ0v) is 10.4. The van der Waals surface area contributed by atoms with E-state index in [1.807, 2.05) is 37.6 Å². The van der Waals surface area contributed by atoms with Crippen LogP contribution in [-0.2, 0) is 6.54 Å². The van der Waals surface area contributed by atoms with E-state index in [9.17, 15) is 5.11 Å². The summed E-state index contributed by atoms with van der Waals surface area (Å²) >= 11 is 0. The standard InChI is InChI=1S/C13H17N3O/c1-4-16-12(7-10(3)15-16)13(17)11-8-14-6-5-9(11)2/h5-8,13,17H,4H2,1-3H3. The Hall–Kier alpha value is -1.68. The second-order valence-corrected chi connectivity index (χ2v) is 4.16. The molecule has 17 heavy (non-hydrogen) atoms. The summed E-state index contributed by atoms with van der Waals surface area (Å²) in [6.07, 6.45) is 2.78. The van der Waals surface area contributed by atoms with Gasteiger partial charge in [-0.1, -0.05) is 0 Å². The number of hydrogen-bond acceptors (Lipinski definition) is 3. The molecule has 0 radical (unpaired) electrons. The van der Waals surface area contributed by atoms with Gasteiger partial charge in [0.2, 0.25) is 0 Å². The Balaban J connectivity index is 2.43. The quantitative estimate of drug-likeness (QED) is 0.879. The summed E-state index contributed by atoms with van der Waals surface area (Å²) in [6, 6.07) is 3.82. The van der Waals surface area contributed by atoms with Gasteiger partial charge in [0.25, 0.3) is 0 Å². The van der Waals surface area contributed by atoms with Crippen molar-refractivity contribution in [3.8, 4) is 0 Å². The summed E-state index contributed by atoms with van der Waals surface area (Å²) in [5.74, 6) is 0. The molecule has 0 aliphatic carbocycles. The Morgan fingerprint density at radius 1 is 1.41 bits per heavy atom. The van der Waals surface area contributed by atoms with Crippen LogP contribution in [0, 0.1) is 13.8 Å². The highest BCUT2D eigenvalue weighted by atomic mass is 16.3. The van der Waals surface area contributed by atoms with E-state index in [4.69, 9.17) is 0 Å². The number of aliphatic hydroxyl groups is 1. The Bertz CT molecular complexity index is 519. The van der Waals surface area contributed by atoms with E-state index in [1.54, 1.807) is 12.4 Å². The van der Waals surface area contributed by atoms with Crippen LogP contribution >= 0.6 is 0 Å². The summed E-state index contributed by atoms with van der Waals surface area (Å²) in [5.41, 5.74) is 3.61. The second kappa shape index (κ2) is 4.67. The number of hydrogen-bond donors (Lipinski definition) is 1. The van der Waals surface area contributed by atoms with Crippen molar-refractivity contribution in [2.75, 3.05) is 0 Å². The maximum atomic E-state index is 10.4. The van der Waals surface area contributed by atoms with Gasteiger partial charge in [0, 0.05) is 24.5 Å². The highest BCUT2D eigenvalue weighted by Gasteiger charge is 2.17. The van der Waals surface area contributed by atoms with Crippen LogP contribution < -0.4 is 0 Å². The third-order valence-corrected chi connectivity index (χ3v) is 2.89. The summed E-state index contributed by atoms with van der Waals surface area (Å²) < 4.78 is 1.83. The molecule has 2 aromatic heterocycles. The Morgan fingerprint density at radius 3 is 2.82 bits per heavy atom. The minimum Gasteiger partial charge on any atom is -0.382 e. The number of pyridine rings is 1. The largest absolute Gasteiger partial charge is 0.382 e. The molecule has 0 amide bonds. The lowest BCUT2D eigenvalue weighted by molar-refractivity contribution is 0.207. The van der Waals surface area contributed by atoms with Gasteiger partial charge in [-0.25, -0.2) is 0 Å². The summed E-state index contributed by atoms with van der Waals surface area (Å²) in [7, 11) is 0. The zero-order valence-electron chi connectivity index (χ0n) is 10.4. The van der Waals surface area contributed by atoms with Gasteiger partial charge >= 0.3 is 0 Å². The van der Waals surface area contributed by atoms with Gasteiger partial charge < -0.3 is 5.11 Å². The molecule has 0 aliphatic heterocycles. The second-order valence-electron chi connectivity index (χ2n) is 4.16. The summed E-state index contributed by atoms with van der Waals surface area (Å²) in [4.78, 5) is 4.06. The lowest BCUT2D eigenvalue weighted by Crippen LogP contribution is -2.10. The van der Waals surface area contributed by atoms with E-state index >= 15 is 0 Å². The highest BCUT2D eigenvalue weighted by Crippen LogP contribution is 2.24. The highest BCUT2D eigenvalue weighted by molar-refractivity contribution is 5.30. The number of aliphatic hydroxyl groups excluding tert-OH is 1. The molecule has 1 N–H and O–H groups in total. The van der Waals surface area contributed by atoms with E-state index in [0.29, 0.717) is 0 Å². The van der Waals surface area contributed by atoms with Crippen LogP contribution in [0.25, 0.3) is 0 Å². The molecule has 0 aromatic carbocycles. The SMILES string of the molecule is CCn1nc(C)cc1C(O)c1cnccc1C. The van der Waals surface area contributed by atoms with Crippen molar-refractivity contribution in [2.24, 2.45) is 0 Å². The van der Waals surface area contributed by atoms with Crippen molar-refractivity contribution in [1.29, 1.82) is 0 Å². The molecule has 4 heteroatoms. The average molecular weight is 231 g/mol. The van der Waals surface area contributed by atoms with E-state index in [2.05, 4.69) is 10.1 Å². The van der Waals surface area contributed by atoms with Crippen molar-refractivity contribution < 1.29 is 5.11 Å². The van der Waals surface area contributed by atoms with Gasteiger partial charge in [0.15, 0.2) is 0 Å². The van der Waals surface area contributed by atoms with Crippen molar-refractivity contribution in [3.63, 3.8) is 0 Å². The molecule has 0 bridgehead atoms. The topological polar surface area (TPSA) is 50.9 Å². The van der Waals surface area contributed by atoms with Crippen LogP contribution in [0.4, 0.5) is 0 Å². The molecular formula is C13H17N3O. The predicted molar refractivity (Wildman–Crippen MR) is 65.7 cm³/mol. The van der Waals surface area contributed by atoms with Gasteiger partial charge in [-0.05, 0) is 38.5 Å². The zero-order chi connectivity index (χ0) is 12.4. The fraction of sp³-hybridized carbons (Fsp3) is 0.385. The minimum absolute atomic E-state index is 0.662. The van der Waals surface area contributed by atoms with Crippen LogP contribution in [-0.4, -0.2) is 19.9 Å². The van der Waals surface area contributed by atoms with Crippen molar-refractivity contribution in [3.05, 3.63) is 47.0 Å². The number of aromatic nitrogens is 3. The smallest absolute Gasteiger partial charge is 0.122 e. The first-order valence-electron chi connectivity index (χ1n) is 5.76. The van der Waals surface area contributed by atoms with E-state index in [1.165, 1.54) is 0 Å². The van der Waals surface area contributed by atoms with Gasteiger partial charge in [0.1, 0.15) is 6.10 Å². The lowest BCUT2D eigenvalue weighted by atomic mass is 10.0. The molecule has 1 atom stereocenters. The molecule has 0 saturated heterocycles. The third-order valence-electron chi connectivity index (χ3n) is 2.89. The molecule has 1 unspecified atom stereocenters. The Morgan fingerprint density at radius 2 is 2.18 bits per heavy atom. The van der Waals surface area contributed by atoms with Gasteiger partial charge in [0.05, 0.1) is 11.4 Å². The van der Waals surface area contributed by atoms with E-state index in [0.717, 1.165) is 29.1 Å². The number of nitrogens with zero attached hydrogens (tertiary/aromatic N) is 3. The fourth-order valence-corrected chi connectivity index (χ4v) is 1.96. The summed E-state index contributed by atoms with van der Waals surface area (Å²) in [6.45, 7) is 6.66. The minimum atomic E-state index is -0.662. The Kier molecular flexibility index (Phi) is 3.24. The normalized spacial score (nSPS) is 12.7. The average Bonchev–Trinajstić information content (AvgIpc) is 2.70. The Labute approximate surface area is 101 Å². The first-order chi connectivity index (χ1) is 8.13. The molecule has 0 fully saturated rings. The summed E-state index contributed by atoms with van der Waals surface area (Å²) in [5, 5.41) is 14.7. The first kappa shape index (κ1) is 11.8. The maximum absolute atomic E-state index is 10.4. The third kappa shape index (κ3) is 2.22. The lowest BCUT2D eigenvalue weighted by Gasteiger charge is -2.14. The maximum Gasteiger partial charge on any atom is 0.122 e. The van der Waals surface area contributed by atoms with Crippen LogP contribution in [0.3, 0.4) is 0 Å². The fourth-order valence-electron chi connectivity index (χ4n) is 1.96. The molecular weight excluding hydrogens is 214 g/mol. The van der Waals surface area contributed by atoms with Crippen molar-refractivity contribution >= 4 is 0 Å². The van der Waals surface area contributed by atoms with Crippen LogP contribution in [0.15, 0.2) is 24.5 Å². The number of aryl methyl sites for hydroxylation is 3. The molecule has 2 heterocycles. The van der Waals surface area contributed by atoms with Gasteiger partial charge in [-0.2, -0.15) is 5.10 Å². The van der Waals surface area contributed by atoms with Gasteiger partial charge in [-0.15, -0.1) is 0 Å². The molecule has 0 aliphatic rings. The molecule has 0 saturated carbocycles. The van der Waals surface area contributed by atoms with Crippen LogP contribution in [0.1, 0.15) is 35.5 Å². The van der Waals surface area contributed by atoms with Crippen molar-refractivity contribution in [2.45, 2.75) is 33.4 Å². The van der Waals surface area contributed by atoms with E-state index < -0.39 is 6.10 Å². The molecule has 4 nitrogen and oxygen atoms in total.